The third kappa shape index (κ3) is 14.3. The van der Waals surface area contributed by atoms with Crippen LogP contribution in [-0.2, 0) is 48.6 Å². The van der Waals surface area contributed by atoms with Gasteiger partial charge in [0, 0.05) is 122 Å². The van der Waals surface area contributed by atoms with Crippen molar-refractivity contribution in [2.75, 3.05) is 36.8 Å². The van der Waals surface area contributed by atoms with Crippen molar-refractivity contribution < 1.29 is 35.9 Å². The number of anilines is 2. The number of aryl methyl sites for hydroxylation is 2. The number of piperidine rings is 2. The second kappa shape index (κ2) is 26.5. The molecule has 5 aliphatic carbocycles. The smallest absolute Gasteiger partial charge is 0.367 e. The number of carbonyl (C=O) groups is 2. The van der Waals surface area contributed by atoms with Crippen LogP contribution < -0.4 is 10.6 Å². The van der Waals surface area contributed by atoms with Crippen LogP contribution in [0.2, 0.25) is 0 Å². The molecule has 2 aromatic carbocycles. The highest BCUT2D eigenvalue weighted by molar-refractivity contribution is 7.19. The Morgan fingerprint density at radius 1 is 0.547 bits per heavy atom. The summed E-state index contributed by atoms with van der Waals surface area (Å²) in [6, 6.07) is 21.4. The van der Waals surface area contributed by atoms with E-state index in [9.17, 15) is 46.5 Å². The van der Waals surface area contributed by atoms with Gasteiger partial charge in [0.2, 0.25) is 0 Å². The minimum atomic E-state index is -4.25. The third-order valence-electron chi connectivity index (χ3n) is 22.9. The molecule has 95 heavy (non-hydrogen) atoms. The number of likely N-dealkylation sites (tertiary alicyclic amines) is 2. The SMILES string of the molecule is CCC(=O)CC12CCC(Cn3c(C#N)cc4c(C)c(CN5CCC(Nc6ncnc7sc(CC(F)(F)F)cc67)CC5)ccc43)(CC1)C2.CCC(=O)CC12CCC(Cn3c(C#N)cc4c(C)c(CN5CCC(Nc6ncnc7sc(CC(F)(F)F)cc67)CC5)ccc43)(CC1)CC2. The van der Waals surface area contributed by atoms with E-state index in [1.54, 1.807) is 12.1 Å². The highest BCUT2D eigenvalue weighted by atomic mass is 32.1. The van der Waals surface area contributed by atoms with Gasteiger partial charge < -0.3 is 19.8 Å². The highest BCUT2D eigenvalue weighted by Gasteiger charge is 2.55. The minimum Gasteiger partial charge on any atom is -0.367 e. The molecule has 22 heteroatoms. The number of carbonyl (C=O) groups excluding carboxylic acids is 2. The number of Topliss-reactive ketones (excluding diaryl/α,β-unsaturated/α-hetero) is 2. The number of ketones is 2. The Morgan fingerprint density at radius 2 is 0.937 bits per heavy atom. The van der Waals surface area contributed by atoms with E-state index in [0.29, 0.717) is 68.6 Å². The fraction of sp³-hybridized carbons (Fsp3) is 0.562. The van der Waals surface area contributed by atoms with Crippen molar-refractivity contribution in [3.05, 3.63) is 105 Å². The maximum Gasteiger partial charge on any atom is 0.393 e. The number of rotatable bonds is 20. The van der Waals surface area contributed by atoms with Crippen molar-refractivity contribution in [2.45, 2.75) is 213 Å². The molecule has 0 atom stereocenters. The number of nitrogens with zero attached hydrogens (tertiary/aromatic N) is 10. The van der Waals surface area contributed by atoms with Gasteiger partial charge in [0.1, 0.15) is 69.0 Å². The summed E-state index contributed by atoms with van der Waals surface area (Å²) in [6.07, 6.45) is 11.1. The van der Waals surface area contributed by atoms with Crippen molar-refractivity contribution in [1.82, 2.24) is 38.9 Å². The second-order valence-electron chi connectivity index (χ2n) is 29.1. The lowest BCUT2D eigenvalue weighted by atomic mass is 9.52. The first-order chi connectivity index (χ1) is 45.4. The summed E-state index contributed by atoms with van der Waals surface area (Å²) in [5.74, 6) is 1.98. The largest absolute Gasteiger partial charge is 0.393 e. The first-order valence-electron chi connectivity index (χ1n) is 34.1. The third-order valence-corrected chi connectivity index (χ3v) is 25.0. The van der Waals surface area contributed by atoms with Gasteiger partial charge in [-0.1, -0.05) is 26.0 Å². The van der Waals surface area contributed by atoms with Crippen LogP contribution in [0.4, 0.5) is 38.0 Å². The molecule has 2 aliphatic heterocycles. The molecular weight excluding hydrogens is 1260 g/mol. The number of halogens is 6. The number of thiophene rings is 2. The summed E-state index contributed by atoms with van der Waals surface area (Å²) in [6.45, 7) is 15.2. The number of nitriles is 2. The van der Waals surface area contributed by atoms with Crippen LogP contribution >= 0.6 is 22.7 Å². The van der Waals surface area contributed by atoms with Gasteiger partial charge in [0.05, 0.1) is 23.6 Å². The molecule has 0 amide bonds. The number of hydrogen-bond donors (Lipinski definition) is 2. The Bertz CT molecular complexity index is 4250. The lowest BCUT2D eigenvalue weighted by Gasteiger charge is -2.53. The van der Waals surface area contributed by atoms with Crippen LogP contribution in [0, 0.1) is 58.2 Å². The van der Waals surface area contributed by atoms with Crippen LogP contribution in [-0.4, -0.2) is 101 Å². The van der Waals surface area contributed by atoms with Gasteiger partial charge in [0.25, 0.3) is 0 Å². The van der Waals surface area contributed by atoms with Crippen LogP contribution in [0.15, 0.2) is 61.2 Å². The summed E-state index contributed by atoms with van der Waals surface area (Å²) in [5, 5.41) is 30.9. The van der Waals surface area contributed by atoms with Crippen LogP contribution in [0.5, 0.6) is 0 Å². The van der Waals surface area contributed by atoms with Gasteiger partial charge in [-0.3, -0.25) is 19.4 Å². The Labute approximate surface area is 558 Å². The molecule has 6 aromatic heterocycles. The number of aromatic nitrogens is 6. The number of fused-ring (bicyclic) bond motifs is 9. The van der Waals surface area contributed by atoms with Crippen LogP contribution in [0.3, 0.4) is 0 Å². The minimum absolute atomic E-state index is 0.167. The Kier molecular flexibility index (Phi) is 18.6. The molecule has 502 valence electrons. The predicted molar refractivity (Wildman–Crippen MR) is 361 cm³/mol. The molecule has 5 saturated carbocycles. The Morgan fingerprint density at radius 3 is 1.35 bits per heavy atom. The van der Waals surface area contributed by atoms with E-state index in [1.165, 1.54) is 34.9 Å². The molecule has 14 nitrogen and oxygen atoms in total. The predicted octanol–water partition coefficient (Wildman–Crippen LogP) is 17.0. The zero-order chi connectivity index (χ0) is 66.7. The van der Waals surface area contributed by atoms with E-state index in [0.717, 1.165) is 205 Å². The molecule has 8 aromatic rings. The summed E-state index contributed by atoms with van der Waals surface area (Å²) >= 11 is 2.14. The van der Waals surface area contributed by atoms with Gasteiger partial charge in [-0.05, 0) is 190 Å². The topological polar surface area (TPSA) is 174 Å². The van der Waals surface area contributed by atoms with Crippen LogP contribution in [0.1, 0.15) is 179 Å². The fourth-order valence-electron chi connectivity index (χ4n) is 17.4. The van der Waals surface area contributed by atoms with E-state index in [4.69, 9.17) is 0 Å². The van der Waals surface area contributed by atoms with E-state index >= 15 is 0 Å². The van der Waals surface area contributed by atoms with Crippen molar-refractivity contribution in [1.29, 1.82) is 10.5 Å². The summed E-state index contributed by atoms with van der Waals surface area (Å²) in [5.41, 5.74) is 9.40. The maximum atomic E-state index is 13.0. The zero-order valence-electron chi connectivity index (χ0n) is 54.8. The molecule has 15 rings (SSSR count). The summed E-state index contributed by atoms with van der Waals surface area (Å²) < 4.78 is 82.3. The molecule has 2 saturated heterocycles. The molecule has 7 fully saturated rings. The van der Waals surface area contributed by atoms with Crippen molar-refractivity contribution in [3.8, 4) is 12.1 Å². The second-order valence-corrected chi connectivity index (χ2v) is 31.3. The lowest BCUT2D eigenvalue weighted by molar-refractivity contribution is -0.127. The normalized spacial score (nSPS) is 23.6. The summed E-state index contributed by atoms with van der Waals surface area (Å²) in [4.78, 5) is 48.3. The molecule has 2 N–H and O–H groups in total. The Hall–Kier alpha value is -6.98. The van der Waals surface area contributed by atoms with Gasteiger partial charge in [-0.2, -0.15) is 36.9 Å². The molecule has 4 bridgehead atoms. The lowest BCUT2D eigenvalue weighted by Crippen LogP contribution is -2.44. The molecule has 7 aliphatic rings. The first kappa shape index (κ1) is 66.6. The number of benzene rings is 2. The summed E-state index contributed by atoms with van der Waals surface area (Å²) in [7, 11) is 0. The molecule has 0 spiro atoms. The molecule has 0 radical (unpaired) electrons. The van der Waals surface area contributed by atoms with E-state index < -0.39 is 25.2 Å². The average molecular weight is 1340 g/mol. The van der Waals surface area contributed by atoms with Gasteiger partial charge in [-0.15, -0.1) is 22.7 Å². The highest BCUT2D eigenvalue weighted by Crippen LogP contribution is 2.64. The standard InChI is InChI=1S/C37H43F3N6OS.C36H41F3N6OS/c1-3-28(47)18-35-8-11-36(12-9-35,13-10-35)22-46-27(20-41)16-30-24(2)25(4-5-32(30)46)21-45-14-6-26(7-15-45)44-33-31-17-29(19-37(38,39)40)48-34(31)43-23-42-33;1-3-27(46)16-34-8-10-35(20-34,11-9-34)21-45-26(18-40)14-29-23(2)24(4-5-31(29)45)19-44-12-6-25(7-13-44)43-32-30-15-28(17-36(37,38)39)47-33(30)42-22-41-32/h4-5,16-17,23,26H,3,6-15,18-19,21-22H2,1-2H3,(H,42,43,44);4-5,14-15,22,25H,3,6-13,16-17,19-21H2,1-2H3,(H,41,42,43). The van der Waals surface area contributed by atoms with Gasteiger partial charge in [0.15, 0.2) is 0 Å². The van der Waals surface area contributed by atoms with Gasteiger partial charge in [-0.25, -0.2) is 19.9 Å². The quantitative estimate of drug-likeness (QED) is 0.0693. The maximum absolute atomic E-state index is 13.0. The van der Waals surface area contributed by atoms with E-state index in [1.807, 2.05) is 13.8 Å². The first-order valence-corrected chi connectivity index (χ1v) is 35.7. The van der Waals surface area contributed by atoms with E-state index in [-0.39, 0.29) is 43.5 Å². The van der Waals surface area contributed by atoms with Crippen molar-refractivity contribution >= 4 is 88.1 Å². The molecular formula is C73H84F6N12O2S2. The van der Waals surface area contributed by atoms with Crippen molar-refractivity contribution in [3.63, 3.8) is 0 Å². The average Bonchev–Trinajstić information content (AvgIpc) is 1.70. The van der Waals surface area contributed by atoms with Gasteiger partial charge >= 0.3 is 12.4 Å². The number of alkyl halides is 6. The number of nitrogens with one attached hydrogen (secondary N) is 2. The van der Waals surface area contributed by atoms with Crippen LogP contribution in [0.25, 0.3) is 42.2 Å². The monoisotopic (exact) mass is 1340 g/mol. The van der Waals surface area contributed by atoms with E-state index in [2.05, 4.69) is 112 Å². The number of hydrogen-bond acceptors (Lipinski definition) is 14. The Balaban J connectivity index is 0.000000172. The van der Waals surface area contributed by atoms with Crippen molar-refractivity contribution in [2.24, 2.45) is 21.7 Å². The fourth-order valence-corrected chi connectivity index (χ4v) is 19.4. The zero-order valence-corrected chi connectivity index (χ0v) is 56.4. The molecule has 0 unspecified atom stereocenters. The molecule has 8 heterocycles.